The van der Waals surface area contributed by atoms with Gasteiger partial charge >= 0.3 is 0 Å². The van der Waals surface area contributed by atoms with Crippen LogP contribution in [0.3, 0.4) is 0 Å². The predicted octanol–water partition coefficient (Wildman–Crippen LogP) is 6.64. The Morgan fingerprint density at radius 2 is 1.35 bits per heavy atom. The molecule has 4 rings (SSSR count). The lowest BCUT2D eigenvalue weighted by Gasteiger charge is -2.01. The fourth-order valence-electron chi connectivity index (χ4n) is 2.13. The first-order valence-corrected chi connectivity index (χ1v) is 13.3. The number of rotatable bonds is 4. The summed E-state index contributed by atoms with van der Waals surface area (Å²) in [7, 11) is 1.08. The number of benzene rings is 1. The summed E-state index contributed by atoms with van der Waals surface area (Å²) >= 11 is 4.69. The molecule has 178 valence electrons. The molecular formula is C22H16BrClF3N3O2S2. The highest BCUT2D eigenvalue weighted by Crippen LogP contribution is 2.22. The lowest BCUT2D eigenvalue weighted by Crippen LogP contribution is -1.92. The molecule has 0 N–H and O–H groups in total. The number of aromatic nitrogens is 3. The maximum absolute atomic E-state index is 12.8. The molecule has 0 saturated heterocycles. The molecule has 0 amide bonds. The topological polar surface area (TPSA) is 72.8 Å². The highest BCUT2D eigenvalue weighted by Gasteiger charge is 2.09. The summed E-state index contributed by atoms with van der Waals surface area (Å²) in [6.07, 6.45) is 3.92. The predicted molar refractivity (Wildman–Crippen MR) is 129 cm³/mol. The second-order valence-corrected chi connectivity index (χ2v) is 10.7. The van der Waals surface area contributed by atoms with Crippen LogP contribution in [0.25, 0.3) is 0 Å². The molecule has 0 bridgehead atoms. The average Bonchev–Trinajstić information content (AvgIpc) is 2.79. The smallest absolute Gasteiger partial charge is 0.228 e. The molecule has 34 heavy (non-hydrogen) atoms. The monoisotopic (exact) mass is 589 g/mol. The van der Waals surface area contributed by atoms with Gasteiger partial charge in [-0.3, -0.25) is 0 Å². The average molecular weight is 591 g/mol. The number of hydrogen-bond donors (Lipinski definition) is 0. The van der Waals surface area contributed by atoms with E-state index in [9.17, 15) is 21.6 Å². The van der Waals surface area contributed by atoms with Gasteiger partial charge in [0.25, 0.3) is 9.05 Å². The van der Waals surface area contributed by atoms with Gasteiger partial charge in [-0.25, -0.2) is 23.4 Å². The zero-order chi connectivity index (χ0) is 25.0. The Balaban J connectivity index is 0.000000190. The van der Waals surface area contributed by atoms with E-state index in [1.54, 1.807) is 17.8 Å². The summed E-state index contributed by atoms with van der Waals surface area (Å²) in [6.45, 7) is 0. The van der Waals surface area contributed by atoms with E-state index in [2.05, 4.69) is 43.0 Å². The van der Waals surface area contributed by atoms with Gasteiger partial charge < -0.3 is 0 Å². The molecule has 5 nitrogen and oxygen atoms in total. The minimum absolute atomic E-state index is 0.285. The van der Waals surface area contributed by atoms with Crippen molar-refractivity contribution < 1.29 is 21.6 Å². The van der Waals surface area contributed by atoms with Crippen LogP contribution < -0.4 is 0 Å². The molecule has 0 saturated carbocycles. The van der Waals surface area contributed by atoms with Gasteiger partial charge in [0, 0.05) is 62.6 Å². The van der Waals surface area contributed by atoms with Crippen molar-refractivity contribution in [2.24, 2.45) is 0 Å². The van der Waals surface area contributed by atoms with Crippen molar-refractivity contribution in [3.05, 3.63) is 113 Å². The Labute approximate surface area is 212 Å². The first kappa shape index (κ1) is 27.8. The molecule has 0 aliphatic carbocycles. The van der Waals surface area contributed by atoms with Crippen molar-refractivity contribution in [1.82, 2.24) is 15.0 Å². The van der Waals surface area contributed by atoms with Crippen LogP contribution in [0.5, 0.6) is 0 Å². The van der Waals surface area contributed by atoms with Gasteiger partial charge in [0.15, 0.2) is 0 Å². The van der Waals surface area contributed by atoms with Crippen LogP contribution in [0.4, 0.5) is 13.2 Å². The molecule has 12 heteroatoms. The van der Waals surface area contributed by atoms with Gasteiger partial charge in [-0.05, 0) is 23.8 Å². The standard InChI is InChI=1S/C12H10FNS.C5H3BrFN.C5H3ClFNO2S/c13-12-8-11(6-7-14-12)15-9-10-4-2-1-3-5-10;6-4-1-2-8-5(7)3-4;6-11(9,10)4-1-2-8-5(7)3-4/h1-8H,9H2;1-3H;1-3H. The Morgan fingerprint density at radius 3 is 1.82 bits per heavy atom. The maximum atomic E-state index is 12.8. The summed E-state index contributed by atoms with van der Waals surface area (Å²) in [5.74, 6) is -0.899. The number of hydrogen-bond acceptors (Lipinski definition) is 6. The molecule has 0 spiro atoms. The molecule has 0 aliphatic heterocycles. The first-order valence-electron chi connectivity index (χ1n) is 9.25. The SMILES string of the molecule is Fc1cc(Br)ccn1.Fc1cc(SCc2ccccc2)ccn1.O=S(=O)(Cl)c1ccnc(F)c1. The van der Waals surface area contributed by atoms with Crippen LogP contribution in [0.2, 0.25) is 0 Å². The molecule has 1 aromatic carbocycles. The summed E-state index contributed by atoms with van der Waals surface area (Å²) in [5, 5.41) is 0. The van der Waals surface area contributed by atoms with Crippen LogP contribution in [0.15, 0.2) is 99.6 Å². The normalized spacial score (nSPS) is 10.4. The Hall–Kier alpha value is -2.47. The lowest BCUT2D eigenvalue weighted by atomic mass is 10.2. The van der Waals surface area contributed by atoms with Gasteiger partial charge in [-0.1, -0.05) is 46.3 Å². The fraction of sp³-hybridized carbons (Fsp3) is 0.0455. The van der Waals surface area contributed by atoms with Crippen molar-refractivity contribution in [3.63, 3.8) is 0 Å². The number of halogens is 5. The zero-order valence-corrected chi connectivity index (χ0v) is 21.1. The molecule has 3 heterocycles. The Morgan fingerprint density at radius 1 is 0.794 bits per heavy atom. The molecule has 0 fully saturated rings. The molecule has 0 radical (unpaired) electrons. The molecule has 0 aliphatic rings. The quantitative estimate of drug-likeness (QED) is 0.151. The van der Waals surface area contributed by atoms with Crippen molar-refractivity contribution in [2.45, 2.75) is 15.5 Å². The Kier molecular flexibility index (Phi) is 11.5. The molecular weight excluding hydrogens is 575 g/mol. The van der Waals surface area contributed by atoms with Gasteiger partial charge in [0.1, 0.15) is 0 Å². The summed E-state index contributed by atoms with van der Waals surface area (Å²) in [5.41, 5.74) is 1.24. The number of pyridine rings is 3. The van der Waals surface area contributed by atoms with Crippen LogP contribution in [-0.2, 0) is 14.8 Å². The molecule has 0 atom stereocenters. The van der Waals surface area contributed by atoms with E-state index < -0.39 is 26.9 Å². The third kappa shape index (κ3) is 11.1. The van der Waals surface area contributed by atoms with Crippen LogP contribution >= 0.6 is 38.4 Å². The van der Waals surface area contributed by atoms with E-state index in [0.29, 0.717) is 4.47 Å². The van der Waals surface area contributed by atoms with E-state index in [0.717, 1.165) is 29.0 Å². The second-order valence-electron chi connectivity index (χ2n) is 6.14. The van der Waals surface area contributed by atoms with Crippen molar-refractivity contribution in [3.8, 4) is 0 Å². The molecule has 0 unspecified atom stereocenters. The van der Waals surface area contributed by atoms with E-state index >= 15 is 0 Å². The van der Waals surface area contributed by atoms with Crippen molar-refractivity contribution in [2.75, 3.05) is 0 Å². The molecule has 3 aromatic heterocycles. The summed E-state index contributed by atoms with van der Waals surface area (Å²) in [6, 6.07) is 18.2. The fourth-order valence-corrected chi connectivity index (χ4v) is 4.05. The van der Waals surface area contributed by atoms with E-state index in [1.165, 1.54) is 30.1 Å². The van der Waals surface area contributed by atoms with E-state index in [4.69, 9.17) is 10.7 Å². The van der Waals surface area contributed by atoms with E-state index in [1.807, 2.05) is 24.3 Å². The van der Waals surface area contributed by atoms with Gasteiger partial charge in [-0.15, -0.1) is 11.8 Å². The highest BCUT2D eigenvalue weighted by molar-refractivity contribution is 9.10. The Bertz CT molecular complexity index is 1290. The zero-order valence-electron chi connectivity index (χ0n) is 17.2. The second kappa shape index (κ2) is 14.1. The number of thioether (sulfide) groups is 1. The minimum Gasteiger partial charge on any atom is -0.228 e. The minimum atomic E-state index is -3.83. The first-order chi connectivity index (χ1) is 16.1. The summed E-state index contributed by atoms with van der Waals surface area (Å²) < 4.78 is 58.9. The van der Waals surface area contributed by atoms with E-state index in [-0.39, 0.29) is 4.90 Å². The van der Waals surface area contributed by atoms with Crippen molar-refractivity contribution in [1.29, 1.82) is 0 Å². The van der Waals surface area contributed by atoms with Gasteiger partial charge in [0.05, 0.1) is 4.90 Å². The third-order valence-electron chi connectivity index (χ3n) is 3.61. The van der Waals surface area contributed by atoms with Gasteiger partial charge in [-0.2, -0.15) is 13.2 Å². The van der Waals surface area contributed by atoms with Crippen LogP contribution in [-0.4, -0.2) is 23.4 Å². The highest BCUT2D eigenvalue weighted by atomic mass is 79.9. The summed E-state index contributed by atoms with van der Waals surface area (Å²) in [4.78, 5) is 10.6. The van der Waals surface area contributed by atoms with Crippen LogP contribution in [0, 0.1) is 17.8 Å². The maximum Gasteiger partial charge on any atom is 0.261 e. The van der Waals surface area contributed by atoms with Crippen LogP contribution in [0.1, 0.15) is 5.56 Å². The van der Waals surface area contributed by atoms with Gasteiger partial charge in [0.2, 0.25) is 17.8 Å². The van der Waals surface area contributed by atoms with Crippen molar-refractivity contribution >= 4 is 47.4 Å². The lowest BCUT2D eigenvalue weighted by molar-refractivity contribution is 0.574. The largest absolute Gasteiger partial charge is 0.261 e. The number of nitrogens with zero attached hydrogens (tertiary/aromatic N) is 3. The molecule has 4 aromatic rings. The third-order valence-corrected chi connectivity index (χ3v) is 6.52.